The second kappa shape index (κ2) is 8.08. The molecule has 4 aromatic rings. The first kappa shape index (κ1) is 20.9. The average Bonchev–Trinajstić information content (AvgIpc) is 2.73. The molecule has 31 heavy (non-hydrogen) atoms. The standard InChI is InChI=1S/C25H20ClFN2O2/c1-14-7-8-15(2)18(11-14)24(31)20-13-29(12-19-21(26)5-4-6-22(19)27)25-17(23(20)30)10-9-16(3)28-25/h4-11,13H,12H2,1-3H3. The van der Waals surface area contributed by atoms with E-state index in [1.54, 1.807) is 35.8 Å². The summed E-state index contributed by atoms with van der Waals surface area (Å²) in [5.41, 5.74) is 3.13. The summed E-state index contributed by atoms with van der Waals surface area (Å²) in [6.07, 6.45) is 1.46. The van der Waals surface area contributed by atoms with Crippen molar-refractivity contribution < 1.29 is 9.18 Å². The largest absolute Gasteiger partial charge is 0.327 e. The fraction of sp³-hybridized carbons (Fsp3) is 0.160. The minimum Gasteiger partial charge on any atom is -0.327 e. The van der Waals surface area contributed by atoms with Crippen LogP contribution >= 0.6 is 11.6 Å². The summed E-state index contributed by atoms with van der Waals surface area (Å²) in [6.45, 7) is 5.56. The lowest BCUT2D eigenvalue weighted by Gasteiger charge is -2.15. The number of pyridine rings is 2. The first-order valence-electron chi connectivity index (χ1n) is 9.82. The highest BCUT2D eigenvalue weighted by molar-refractivity contribution is 6.31. The SMILES string of the molecule is Cc1ccc(C)c(C(=O)c2cn(Cc3c(F)cccc3Cl)c3nc(C)ccc3c2=O)c1. The van der Waals surface area contributed by atoms with Gasteiger partial charge in [0.25, 0.3) is 0 Å². The van der Waals surface area contributed by atoms with Gasteiger partial charge >= 0.3 is 0 Å². The Bertz CT molecular complexity index is 1390. The lowest BCUT2D eigenvalue weighted by molar-refractivity contribution is 0.103. The van der Waals surface area contributed by atoms with Gasteiger partial charge in [0, 0.05) is 28.0 Å². The molecule has 0 aliphatic heterocycles. The van der Waals surface area contributed by atoms with E-state index < -0.39 is 11.2 Å². The molecule has 0 saturated carbocycles. The van der Waals surface area contributed by atoms with Gasteiger partial charge in [0.2, 0.25) is 5.43 Å². The Morgan fingerprint density at radius 1 is 1.06 bits per heavy atom. The molecule has 4 rings (SSSR count). The first-order chi connectivity index (χ1) is 14.8. The molecule has 0 bridgehead atoms. The van der Waals surface area contributed by atoms with Crippen LogP contribution in [0.3, 0.4) is 0 Å². The zero-order valence-corrected chi connectivity index (χ0v) is 18.1. The van der Waals surface area contributed by atoms with Crippen molar-refractivity contribution in [3.05, 3.63) is 109 Å². The van der Waals surface area contributed by atoms with E-state index in [-0.39, 0.29) is 28.5 Å². The number of ketones is 1. The van der Waals surface area contributed by atoms with E-state index in [1.165, 1.54) is 18.3 Å². The topological polar surface area (TPSA) is 52.0 Å². The van der Waals surface area contributed by atoms with Crippen LogP contribution < -0.4 is 5.43 Å². The van der Waals surface area contributed by atoms with Crippen LogP contribution in [-0.2, 0) is 6.54 Å². The molecule has 0 spiro atoms. The van der Waals surface area contributed by atoms with E-state index in [9.17, 15) is 14.0 Å². The van der Waals surface area contributed by atoms with Crippen molar-refractivity contribution in [2.45, 2.75) is 27.3 Å². The van der Waals surface area contributed by atoms with Crippen LogP contribution in [0.15, 0.2) is 59.5 Å². The summed E-state index contributed by atoms with van der Waals surface area (Å²) in [4.78, 5) is 31.1. The maximum absolute atomic E-state index is 14.5. The van der Waals surface area contributed by atoms with Crippen LogP contribution in [0.25, 0.3) is 11.0 Å². The average molecular weight is 435 g/mol. The van der Waals surface area contributed by atoms with E-state index in [2.05, 4.69) is 4.98 Å². The molecule has 0 atom stereocenters. The second-order valence-corrected chi connectivity index (χ2v) is 8.08. The third-order valence-electron chi connectivity index (χ3n) is 5.33. The molecule has 0 unspecified atom stereocenters. The Hall–Kier alpha value is -3.31. The van der Waals surface area contributed by atoms with Crippen LogP contribution in [0.1, 0.15) is 38.3 Å². The van der Waals surface area contributed by atoms with Gasteiger partial charge in [0.15, 0.2) is 5.78 Å². The minimum atomic E-state index is -0.464. The number of aromatic nitrogens is 2. The Morgan fingerprint density at radius 3 is 2.58 bits per heavy atom. The molecular formula is C25H20ClFN2O2. The zero-order chi connectivity index (χ0) is 22.3. The van der Waals surface area contributed by atoms with Crippen LogP contribution in [-0.4, -0.2) is 15.3 Å². The predicted octanol–water partition coefficient (Wildman–Crippen LogP) is 5.39. The van der Waals surface area contributed by atoms with E-state index >= 15 is 0 Å². The molecule has 0 radical (unpaired) electrons. The number of hydrogen-bond donors (Lipinski definition) is 0. The van der Waals surface area contributed by atoms with Crippen molar-refractivity contribution in [2.24, 2.45) is 0 Å². The fourth-order valence-corrected chi connectivity index (χ4v) is 3.84. The number of nitrogens with zero attached hydrogens (tertiary/aromatic N) is 2. The summed E-state index contributed by atoms with van der Waals surface area (Å²) in [5, 5.41) is 0.566. The fourth-order valence-electron chi connectivity index (χ4n) is 3.62. The number of carbonyl (C=O) groups excluding carboxylic acids is 1. The molecular weight excluding hydrogens is 415 g/mol. The third-order valence-corrected chi connectivity index (χ3v) is 5.69. The maximum Gasteiger partial charge on any atom is 0.202 e. The number of benzene rings is 2. The predicted molar refractivity (Wildman–Crippen MR) is 121 cm³/mol. The van der Waals surface area contributed by atoms with Gasteiger partial charge < -0.3 is 4.57 Å². The van der Waals surface area contributed by atoms with Crippen molar-refractivity contribution in [3.63, 3.8) is 0 Å². The Balaban J connectivity index is 1.97. The molecule has 2 aromatic carbocycles. The number of aryl methyl sites for hydroxylation is 3. The van der Waals surface area contributed by atoms with E-state index in [1.807, 2.05) is 26.0 Å². The van der Waals surface area contributed by atoms with Crippen molar-refractivity contribution in [3.8, 4) is 0 Å². The molecule has 6 heteroatoms. The van der Waals surface area contributed by atoms with Gasteiger partial charge in [-0.3, -0.25) is 9.59 Å². The van der Waals surface area contributed by atoms with Gasteiger partial charge in [0.05, 0.1) is 17.5 Å². The van der Waals surface area contributed by atoms with Crippen molar-refractivity contribution in [2.75, 3.05) is 0 Å². The number of hydrogen-bond acceptors (Lipinski definition) is 3. The molecule has 0 amide bonds. The van der Waals surface area contributed by atoms with E-state index in [0.29, 0.717) is 22.3 Å². The minimum absolute atomic E-state index is 0.0133. The highest BCUT2D eigenvalue weighted by Crippen LogP contribution is 2.23. The van der Waals surface area contributed by atoms with E-state index in [4.69, 9.17) is 11.6 Å². The Kier molecular flexibility index (Phi) is 5.46. The van der Waals surface area contributed by atoms with Gasteiger partial charge in [-0.05, 0) is 56.7 Å². The van der Waals surface area contributed by atoms with Gasteiger partial charge in [-0.15, -0.1) is 0 Å². The summed E-state index contributed by atoms with van der Waals surface area (Å²) in [6, 6.07) is 13.4. The molecule has 0 aliphatic carbocycles. The molecule has 0 N–H and O–H groups in total. The van der Waals surface area contributed by atoms with Crippen LogP contribution in [0.5, 0.6) is 0 Å². The number of fused-ring (bicyclic) bond motifs is 1. The molecule has 0 saturated heterocycles. The van der Waals surface area contributed by atoms with Gasteiger partial charge in [-0.1, -0.05) is 35.4 Å². The summed E-state index contributed by atoms with van der Waals surface area (Å²) >= 11 is 6.23. The molecule has 0 aliphatic rings. The van der Waals surface area contributed by atoms with Crippen molar-refractivity contribution >= 4 is 28.4 Å². The third kappa shape index (κ3) is 3.89. The van der Waals surface area contributed by atoms with Crippen molar-refractivity contribution in [1.29, 1.82) is 0 Å². The quantitative estimate of drug-likeness (QED) is 0.404. The number of carbonyl (C=O) groups is 1. The molecule has 2 heterocycles. The van der Waals surface area contributed by atoms with Crippen LogP contribution in [0, 0.1) is 26.6 Å². The Morgan fingerprint density at radius 2 is 1.84 bits per heavy atom. The van der Waals surface area contributed by atoms with Crippen LogP contribution in [0.2, 0.25) is 5.02 Å². The highest BCUT2D eigenvalue weighted by Gasteiger charge is 2.20. The lowest BCUT2D eigenvalue weighted by atomic mass is 9.97. The number of halogens is 2. The van der Waals surface area contributed by atoms with E-state index in [0.717, 1.165) is 11.1 Å². The zero-order valence-electron chi connectivity index (χ0n) is 17.4. The molecule has 156 valence electrons. The summed E-state index contributed by atoms with van der Waals surface area (Å²) in [7, 11) is 0. The molecule has 0 fully saturated rings. The summed E-state index contributed by atoms with van der Waals surface area (Å²) in [5.74, 6) is -0.837. The molecule has 4 nitrogen and oxygen atoms in total. The van der Waals surface area contributed by atoms with Gasteiger partial charge in [-0.2, -0.15) is 0 Å². The Labute approximate surface area is 183 Å². The normalized spacial score (nSPS) is 11.1. The van der Waals surface area contributed by atoms with Gasteiger partial charge in [0.1, 0.15) is 11.5 Å². The second-order valence-electron chi connectivity index (χ2n) is 7.67. The maximum atomic E-state index is 14.5. The summed E-state index contributed by atoms with van der Waals surface area (Å²) < 4.78 is 16.1. The van der Waals surface area contributed by atoms with Gasteiger partial charge in [-0.25, -0.2) is 9.37 Å². The van der Waals surface area contributed by atoms with Crippen LogP contribution in [0.4, 0.5) is 4.39 Å². The lowest BCUT2D eigenvalue weighted by Crippen LogP contribution is -2.21. The number of rotatable bonds is 4. The monoisotopic (exact) mass is 434 g/mol. The smallest absolute Gasteiger partial charge is 0.202 e. The highest BCUT2D eigenvalue weighted by atomic mass is 35.5. The van der Waals surface area contributed by atoms with Crippen molar-refractivity contribution in [1.82, 2.24) is 9.55 Å². The first-order valence-corrected chi connectivity index (χ1v) is 10.2. The molecule has 2 aromatic heterocycles.